The number of hydrogen-bond donors (Lipinski definition) is 1. The maximum absolute atomic E-state index is 13.2. The summed E-state index contributed by atoms with van der Waals surface area (Å²) < 4.78 is 0. The largest absolute Gasteiger partial charge is 0.310 e. The van der Waals surface area contributed by atoms with Crippen LogP contribution in [0.2, 0.25) is 0 Å². The number of carbonyl (C=O) groups is 3. The first-order valence-corrected chi connectivity index (χ1v) is 8.77. The van der Waals surface area contributed by atoms with Gasteiger partial charge in [-0.1, -0.05) is 12.1 Å². The van der Waals surface area contributed by atoms with E-state index in [1.54, 1.807) is 31.3 Å². The number of thiazole rings is 1. The quantitative estimate of drug-likeness (QED) is 0.892. The van der Waals surface area contributed by atoms with Gasteiger partial charge in [0, 0.05) is 25.3 Å². The van der Waals surface area contributed by atoms with Gasteiger partial charge in [-0.2, -0.15) is 0 Å². The molecule has 1 aromatic carbocycles. The van der Waals surface area contributed by atoms with E-state index in [2.05, 4.69) is 10.3 Å². The Kier molecular flexibility index (Phi) is 3.40. The first-order valence-electron chi connectivity index (χ1n) is 7.89. The third-order valence-corrected chi connectivity index (χ3v) is 5.62. The molecule has 2 aliphatic rings. The van der Waals surface area contributed by atoms with Crippen molar-refractivity contribution in [3.8, 4) is 0 Å². The predicted molar refractivity (Wildman–Crippen MR) is 93.5 cm³/mol. The Balaban J connectivity index is 1.82. The molecule has 1 N–H and O–H groups in total. The van der Waals surface area contributed by atoms with Crippen molar-refractivity contribution in [3.63, 3.8) is 0 Å². The number of nitrogens with zero attached hydrogens (tertiary/aromatic N) is 3. The minimum absolute atomic E-state index is 0.169. The Hall–Kier alpha value is -2.74. The second-order valence-corrected chi connectivity index (χ2v) is 7.03. The van der Waals surface area contributed by atoms with Gasteiger partial charge in [0.2, 0.25) is 11.6 Å². The molecule has 8 heteroatoms. The van der Waals surface area contributed by atoms with Crippen LogP contribution in [0.5, 0.6) is 0 Å². The molecule has 128 valence electrons. The van der Waals surface area contributed by atoms with Crippen LogP contribution in [0.15, 0.2) is 29.6 Å². The number of hydrogen-bond acceptors (Lipinski definition) is 5. The van der Waals surface area contributed by atoms with Crippen molar-refractivity contribution in [2.24, 2.45) is 0 Å². The van der Waals surface area contributed by atoms with Gasteiger partial charge in [0.05, 0.1) is 16.9 Å². The van der Waals surface area contributed by atoms with E-state index >= 15 is 0 Å². The van der Waals surface area contributed by atoms with E-state index in [9.17, 15) is 14.4 Å². The van der Waals surface area contributed by atoms with Crippen LogP contribution >= 0.6 is 11.3 Å². The SMILES string of the molecule is Cc1csc(NC(=O)[C@@]23CCC(=O)N2c2ccccc2C(=O)N3C)n1. The second kappa shape index (κ2) is 5.38. The summed E-state index contributed by atoms with van der Waals surface area (Å²) in [5.41, 5.74) is 0.352. The third kappa shape index (κ3) is 2.10. The molecular weight excluding hydrogens is 340 g/mol. The van der Waals surface area contributed by atoms with Crippen LogP contribution in [0, 0.1) is 6.92 Å². The molecule has 7 nitrogen and oxygen atoms in total. The summed E-state index contributed by atoms with van der Waals surface area (Å²) in [6.07, 6.45) is 0.453. The van der Waals surface area contributed by atoms with Crippen molar-refractivity contribution in [1.29, 1.82) is 0 Å². The molecule has 1 aromatic heterocycles. The molecule has 3 heterocycles. The zero-order valence-corrected chi connectivity index (χ0v) is 14.6. The molecule has 4 rings (SSSR count). The van der Waals surface area contributed by atoms with Crippen molar-refractivity contribution in [3.05, 3.63) is 40.9 Å². The topological polar surface area (TPSA) is 82.6 Å². The zero-order valence-electron chi connectivity index (χ0n) is 13.8. The molecule has 0 unspecified atom stereocenters. The normalized spacial score (nSPS) is 22.0. The van der Waals surface area contributed by atoms with Gasteiger partial charge in [0.15, 0.2) is 5.13 Å². The van der Waals surface area contributed by atoms with E-state index in [1.165, 1.54) is 21.1 Å². The van der Waals surface area contributed by atoms with Crippen LogP contribution in [0.3, 0.4) is 0 Å². The Morgan fingerprint density at radius 2 is 2.08 bits per heavy atom. The average molecular weight is 356 g/mol. The number of para-hydroxylation sites is 1. The van der Waals surface area contributed by atoms with Gasteiger partial charge >= 0.3 is 0 Å². The van der Waals surface area contributed by atoms with Gasteiger partial charge in [-0.15, -0.1) is 11.3 Å². The Morgan fingerprint density at radius 1 is 1.32 bits per heavy atom. The summed E-state index contributed by atoms with van der Waals surface area (Å²) in [5.74, 6) is -0.859. The number of aryl methyl sites for hydroxylation is 1. The Labute approximate surface area is 148 Å². The number of aromatic nitrogens is 1. The zero-order chi connectivity index (χ0) is 17.8. The van der Waals surface area contributed by atoms with Crippen LogP contribution in [0.4, 0.5) is 10.8 Å². The van der Waals surface area contributed by atoms with Crippen LogP contribution in [0.25, 0.3) is 0 Å². The highest BCUT2D eigenvalue weighted by Gasteiger charge is 2.59. The maximum Gasteiger partial charge on any atom is 0.273 e. The van der Waals surface area contributed by atoms with Crippen molar-refractivity contribution in [2.75, 3.05) is 17.3 Å². The van der Waals surface area contributed by atoms with Crippen LogP contribution in [0.1, 0.15) is 28.9 Å². The second-order valence-electron chi connectivity index (χ2n) is 6.18. The van der Waals surface area contributed by atoms with E-state index in [4.69, 9.17) is 0 Å². The van der Waals surface area contributed by atoms with E-state index in [-0.39, 0.29) is 24.7 Å². The maximum atomic E-state index is 13.2. The van der Waals surface area contributed by atoms with Crippen LogP contribution < -0.4 is 10.2 Å². The lowest BCUT2D eigenvalue weighted by Gasteiger charge is -2.47. The van der Waals surface area contributed by atoms with Crippen molar-refractivity contribution < 1.29 is 14.4 Å². The number of amides is 3. The highest BCUT2D eigenvalue weighted by atomic mass is 32.1. The highest BCUT2D eigenvalue weighted by Crippen LogP contribution is 2.44. The molecule has 0 bridgehead atoms. The number of likely N-dealkylation sites (N-methyl/N-ethyl adjacent to an activating group) is 1. The van der Waals surface area contributed by atoms with Crippen LogP contribution in [-0.2, 0) is 9.59 Å². The van der Waals surface area contributed by atoms with Crippen molar-refractivity contribution in [1.82, 2.24) is 9.88 Å². The molecule has 2 aliphatic heterocycles. The third-order valence-electron chi connectivity index (χ3n) is 4.74. The van der Waals surface area contributed by atoms with Crippen LogP contribution in [-0.4, -0.2) is 40.3 Å². The van der Waals surface area contributed by atoms with Gasteiger partial charge in [-0.25, -0.2) is 4.98 Å². The number of anilines is 2. The molecule has 3 amide bonds. The lowest BCUT2D eigenvalue weighted by molar-refractivity contribution is -0.128. The number of rotatable bonds is 2. The molecular formula is C17H16N4O3S. The molecule has 0 radical (unpaired) electrons. The first-order chi connectivity index (χ1) is 11.9. The summed E-state index contributed by atoms with van der Waals surface area (Å²) in [6, 6.07) is 6.89. The summed E-state index contributed by atoms with van der Waals surface area (Å²) in [5, 5.41) is 5.06. The standard InChI is InChI=1S/C17H16N4O3S/c1-10-9-25-16(18-10)19-15(24)17-8-7-13(22)21(17)12-6-4-3-5-11(12)14(23)20(17)2/h3-6,9H,7-8H2,1-2H3,(H,18,19,24)/t17-/m1/s1. The van der Waals surface area contributed by atoms with Crippen molar-refractivity contribution >= 4 is 39.9 Å². The summed E-state index contributed by atoms with van der Waals surface area (Å²) in [6.45, 7) is 1.84. The fraction of sp³-hybridized carbons (Fsp3) is 0.294. The minimum Gasteiger partial charge on any atom is -0.310 e. The molecule has 0 spiro atoms. The summed E-state index contributed by atoms with van der Waals surface area (Å²) in [7, 11) is 1.57. The lowest BCUT2D eigenvalue weighted by Crippen LogP contribution is -2.68. The van der Waals surface area contributed by atoms with E-state index in [0.29, 0.717) is 16.4 Å². The van der Waals surface area contributed by atoms with Gasteiger partial charge in [0.1, 0.15) is 0 Å². The molecule has 1 saturated heterocycles. The van der Waals surface area contributed by atoms with E-state index < -0.39 is 11.6 Å². The summed E-state index contributed by atoms with van der Waals surface area (Å²) in [4.78, 5) is 45.6. The van der Waals surface area contributed by atoms with E-state index in [1.807, 2.05) is 12.3 Å². The molecule has 2 aromatic rings. The van der Waals surface area contributed by atoms with Gasteiger partial charge in [-0.3, -0.25) is 24.6 Å². The lowest BCUT2D eigenvalue weighted by atomic mass is 9.96. The predicted octanol–water partition coefficient (Wildman–Crippen LogP) is 2.00. The number of carbonyl (C=O) groups excluding carboxylic acids is 3. The first kappa shape index (κ1) is 15.8. The average Bonchev–Trinajstić information content (AvgIpc) is 3.17. The van der Waals surface area contributed by atoms with Gasteiger partial charge in [-0.05, 0) is 19.1 Å². The molecule has 0 aliphatic carbocycles. The number of fused-ring (bicyclic) bond motifs is 3. The number of benzene rings is 1. The fourth-order valence-electron chi connectivity index (χ4n) is 3.54. The molecule has 0 saturated carbocycles. The molecule has 1 fully saturated rings. The Bertz CT molecular complexity index is 909. The summed E-state index contributed by atoms with van der Waals surface area (Å²) >= 11 is 1.31. The fourth-order valence-corrected chi connectivity index (χ4v) is 4.22. The number of nitrogens with one attached hydrogen (secondary N) is 1. The van der Waals surface area contributed by atoms with Crippen molar-refractivity contribution in [2.45, 2.75) is 25.4 Å². The highest BCUT2D eigenvalue weighted by molar-refractivity contribution is 7.13. The smallest absolute Gasteiger partial charge is 0.273 e. The molecule has 1 atom stereocenters. The van der Waals surface area contributed by atoms with Gasteiger partial charge in [0.25, 0.3) is 11.8 Å². The monoisotopic (exact) mass is 356 g/mol. The van der Waals surface area contributed by atoms with Gasteiger partial charge < -0.3 is 4.90 Å². The molecule has 25 heavy (non-hydrogen) atoms. The minimum atomic E-state index is -1.36. The van der Waals surface area contributed by atoms with E-state index in [0.717, 1.165) is 5.69 Å². The Morgan fingerprint density at radius 3 is 2.80 bits per heavy atom.